The Morgan fingerprint density at radius 1 is 1.64 bits per heavy atom. The molecule has 3 atom stereocenters. The molecule has 0 saturated carbocycles. The Hall–Kier alpha value is -0.610. The zero-order valence-corrected chi connectivity index (χ0v) is 8.94. The zero-order valence-electron chi connectivity index (χ0n) is 8.94. The maximum atomic E-state index is 10.9. The van der Waals surface area contributed by atoms with E-state index in [4.69, 9.17) is 10.8 Å². The van der Waals surface area contributed by atoms with Crippen molar-refractivity contribution >= 4 is 5.97 Å². The number of nitrogens with two attached hydrogens (primary N) is 1. The molecule has 4 nitrogen and oxygen atoms in total. The van der Waals surface area contributed by atoms with Crippen LogP contribution in [0.25, 0.3) is 0 Å². The first-order valence-corrected chi connectivity index (χ1v) is 5.28. The number of carboxylic acid groups (broad SMARTS) is 1. The van der Waals surface area contributed by atoms with Gasteiger partial charge >= 0.3 is 5.97 Å². The van der Waals surface area contributed by atoms with E-state index in [0.29, 0.717) is 12.6 Å². The lowest BCUT2D eigenvalue weighted by Crippen LogP contribution is -2.55. The standard InChI is InChI=1S/C10H20N2O2/c1-7-4-3-5-9(6-11)12(7)8(2)10(13)14/h7-9H,3-6,11H2,1-2H3,(H,13,14). The van der Waals surface area contributed by atoms with Crippen LogP contribution in [0.2, 0.25) is 0 Å². The molecule has 4 heteroatoms. The smallest absolute Gasteiger partial charge is 0.320 e. The van der Waals surface area contributed by atoms with Gasteiger partial charge in [0.2, 0.25) is 0 Å². The fourth-order valence-electron chi connectivity index (χ4n) is 2.37. The van der Waals surface area contributed by atoms with Gasteiger partial charge in [-0.15, -0.1) is 0 Å². The number of hydrogen-bond donors (Lipinski definition) is 2. The van der Waals surface area contributed by atoms with Crippen molar-refractivity contribution in [3.8, 4) is 0 Å². The number of hydrogen-bond acceptors (Lipinski definition) is 3. The highest BCUT2D eigenvalue weighted by atomic mass is 16.4. The Balaban J connectivity index is 2.72. The van der Waals surface area contributed by atoms with E-state index in [-0.39, 0.29) is 6.04 Å². The molecule has 0 aromatic carbocycles. The van der Waals surface area contributed by atoms with Crippen LogP contribution >= 0.6 is 0 Å². The van der Waals surface area contributed by atoms with Gasteiger partial charge in [-0.1, -0.05) is 6.42 Å². The lowest BCUT2D eigenvalue weighted by molar-refractivity contribution is -0.145. The van der Waals surface area contributed by atoms with Gasteiger partial charge in [0.25, 0.3) is 0 Å². The molecule has 1 aliphatic rings. The van der Waals surface area contributed by atoms with Crippen LogP contribution in [0, 0.1) is 0 Å². The minimum atomic E-state index is -0.753. The largest absolute Gasteiger partial charge is 0.480 e. The Morgan fingerprint density at radius 2 is 2.29 bits per heavy atom. The number of piperidine rings is 1. The molecule has 1 rings (SSSR count). The molecule has 1 heterocycles. The minimum Gasteiger partial charge on any atom is -0.480 e. The van der Waals surface area contributed by atoms with Crippen LogP contribution in [0.1, 0.15) is 33.1 Å². The molecule has 1 aliphatic heterocycles. The van der Waals surface area contributed by atoms with Crippen molar-refractivity contribution in [2.24, 2.45) is 5.73 Å². The highest BCUT2D eigenvalue weighted by Gasteiger charge is 2.33. The summed E-state index contributed by atoms with van der Waals surface area (Å²) in [5.41, 5.74) is 5.66. The van der Waals surface area contributed by atoms with Crippen LogP contribution in [0.3, 0.4) is 0 Å². The van der Waals surface area contributed by atoms with Crippen LogP contribution in [-0.2, 0) is 4.79 Å². The summed E-state index contributed by atoms with van der Waals surface area (Å²) in [7, 11) is 0. The lowest BCUT2D eigenvalue weighted by atomic mass is 9.94. The van der Waals surface area contributed by atoms with E-state index in [9.17, 15) is 4.79 Å². The summed E-state index contributed by atoms with van der Waals surface area (Å²) in [6.45, 7) is 4.38. The summed E-state index contributed by atoms with van der Waals surface area (Å²) in [6, 6.07) is 0.159. The van der Waals surface area contributed by atoms with Gasteiger partial charge in [-0.2, -0.15) is 0 Å². The molecule has 14 heavy (non-hydrogen) atoms. The number of rotatable bonds is 3. The van der Waals surface area contributed by atoms with Crippen molar-refractivity contribution in [2.75, 3.05) is 6.54 Å². The monoisotopic (exact) mass is 200 g/mol. The van der Waals surface area contributed by atoms with Crippen molar-refractivity contribution in [1.29, 1.82) is 0 Å². The van der Waals surface area contributed by atoms with E-state index >= 15 is 0 Å². The van der Waals surface area contributed by atoms with Gasteiger partial charge in [0.15, 0.2) is 0 Å². The van der Waals surface area contributed by atoms with Gasteiger partial charge in [-0.3, -0.25) is 9.69 Å². The SMILES string of the molecule is CC1CCCC(CN)N1C(C)C(=O)O. The van der Waals surface area contributed by atoms with Crippen LogP contribution < -0.4 is 5.73 Å². The molecule has 0 aromatic heterocycles. The van der Waals surface area contributed by atoms with Gasteiger partial charge in [-0.25, -0.2) is 0 Å². The van der Waals surface area contributed by atoms with E-state index in [0.717, 1.165) is 19.3 Å². The van der Waals surface area contributed by atoms with E-state index in [1.54, 1.807) is 6.92 Å². The summed E-state index contributed by atoms with van der Waals surface area (Å²) < 4.78 is 0. The molecule has 0 aromatic rings. The average Bonchev–Trinajstić information content (AvgIpc) is 2.16. The number of carboxylic acids is 1. The third kappa shape index (κ3) is 2.25. The van der Waals surface area contributed by atoms with Crippen molar-refractivity contribution in [1.82, 2.24) is 4.90 Å². The lowest BCUT2D eigenvalue weighted by Gasteiger charge is -2.42. The Morgan fingerprint density at radius 3 is 2.79 bits per heavy atom. The predicted molar refractivity (Wildman–Crippen MR) is 55.1 cm³/mol. The molecule has 1 saturated heterocycles. The van der Waals surface area contributed by atoms with E-state index in [2.05, 4.69) is 6.92 Å². The summed E-state index contributed by atoms with van der Waals surface area (Å²) in [5.74, 6) is -0.753. The second-order valence-electron chi connectivity index (χ2n) is 4.13. The van der Waals surface area contributed by atoms with Gasteiger partial charge in [-0.05, 0) is 26.7 Å². The zero-order chi connectivity index (χ0) is 10.7. The average molecular weight is 200 g/mol. The number of aliphatic carboxylic acids is 1. The van der Waals surface area contributed by atoms with Crippen LogP contribution in [0.15, 0.2) is 0 Å². The third-order valence-corrected chi connectivity index (χ3v) is 3.17. The molecule has 0 amide bonds. The molecular formula is C10H20N2O2. The molecule has 0 spiro atoms. The second kappa shape index (κ2) is 4.75. The first-order chi connectivity index (χ1) is 6.57. The first-order valence-electron chi connectivity index (χ1n) is 5.28. The molecule has 82 valence electrons. The molecule has 3 unspecified atom stereocenters. The fraction of sp³-hybridized carbons (Fsp3) is 0.900. The first kappa shape index (κ1) is 11.5. The van der Waals surface area contributed by atoms with Gasteiger partial charge in [0, 0.05) is 18.6 Å². The third-order valence-electron chi connectivity index (χ3n) is 3.17. The molecular weight excluding hydrogens is 180 g/mol. The Bertz CT molecular complexity index is 208. The normalized spacial score (nSPS) is 31.4. The summed E-state index contributed by atoms with van der Waals surface area (Å²) >= 11 is 0. The van der Waals surface area contributed by atoms with Crippen LogP contribution in [0.4, 0.5) is 0 Å². The molecule has 0 radical (unpaired) electrons. The predicted octanol–water partition coefficient (Wildman–Crippen LogP) is 0.661. The highest BCUT2D eigenvalue weighted by Crippen LogP contribution is 2.24. The van der Waals surface area contributed by atoms with Crippen molar-refractivity contribution in [3.05, 3.63) is 0 Å². The maximum Gasteiger partial charge on any atom is 0.320 e. The van der Waals surface area contributed by atoms with Gasteiger partial charge in [0.05, 0.1) is 0 Å². The van der Waals surface area contributed by atoms with E-state index in [1.165, 1.54) is 0 Å². The molecule has 0 aliphatic carbocycles. The topological polar surface area (TPSA) is 66.6 Å². The fourth-order valence-corrected chi connectivity index (χ4v) is 2.37. The van der Waals surface area contributed by atoms with Crippen LogP contribution in [0.5, 0.6) is 0 Å². The molecule has 0 bridgehead atoms. The van der Waals surface area contributed by atoms with Crippen molar-refractivity contribution in [2.45, 2.75) is 51.2 Å². The summed E-state index contributed by atoms with van der Waals surface area (Å²) in [4.78, 5) is 13.0. The van der Waals surface area contributed by atoms with E-state index in [1.807, 2.05) is 4.90 Å². The maximum absolute atomic E-state index is 10.9. The molecule has 3 N–H and O–H groups in total. The second-order valence-corrected chi connectivity index (χ2v) is 4.13. The highest BCUT2D eigenvalue weighted by molar-refractivity contribution is 5.73. The number of carbonyl (C=O) groups is 1. The minimum absolute atomic E-state index is 0.241. The summed E-state index contributed by atoms with van der Waals surface area (Å²) in [5, 5.41) is 8.98. The summed E-state index contributed by atoms with van der Waals surface area (Å²) in [6.07, 6.45) is 3.26. The van der Waals surface area contributed by atoms with Crippen LogP contribution in [-0.4, -0.2) is 40.6 Å². The number of likely N-dealkylation sites (tertiary alicyclic amines) is 1. The quantitative estimate of drug-likeness (QED) is 0.702. The molecule has 1 fully saturated rings. The Labute approximate surface area is 85.1 Å². The van der Waals surface area contributed by atoms with Crippen molar-refractivity contribution in [3.63, 3.8) is 0 Å². The van der Waals surface area contributed by atoms with E-state index < -0.39 is 12.0 Å². The van der Waals surface area contributed by atoms with Gasteiger partial charge < -0.3 is 10.8 Å². The van der Waals surface area contributed by atoms with Gasteiger partial charge in [0.1, 0.15) is 6.04 Å². The van der Waals surface area contributed by atoms with Crippen molar-refractivity contribution < 1.29 is 9.90 Å². The number of nitrogens with zero attached hydrogens (tertiary/aromatic N) is 1. The Kier molecular flexibility index (Phi) is 3.89.